The predicted molar refractivity (Wildman–Crippen MR) is 78.7 cm³/mol. The maximum Gasteiger partial charge on any atom is 0.277 e. The maximum atomic E-state index is 5.63. The van der Waals surface area contributed by atoms with E-state index in [-0.39, 0.29) is 6.10 Å². The Morgan fingerprint density at radius 3 is 3.00 bits per heavy atom. The average molecular weight is 368 g/mol. The first-order valence-corrected chi connectivity index (χ1v) is 8.14. The molecule has 1 aliphatic heterocycles. The Kier molecular flexibility index (Phi) is 3.36. The molecule has 0 radical (unpaired) electrons. The van der Waals surface area contributed by atoms with Gasteiger partial charge in [0.1, 0.15) is 16.8 Å². The Morgan fingerprint density at radius 2 is 2.24 bits per heavy atom. The molecular formula is C13H10BrN3O3S. The van der Waals surface area contributed by atoms with Crippen molar-refractivity contribution in [2.45, 2.75) is 18.9 Å². The number of furan rings is 1. The first kappa shape index (κ1) is 13.2. The third kappa shape index (κ3) is 2.54. The predicted octanol–water partition coefficient (Wildman–Crippen LogP) is 4.07. The van der Waals surface area contributed by atoms with Crippen LogP contribution >= 0.6 is 27.3 Å². The Bertz CT molecular complexity index is 760. The van der Waals surface area contributed by atoms with Crippen molar-refractivity contribution >= 4 is 27.3 Å². The van der Waals surface area contributed by atoms with Gasteiger partial charge in [-0.1, -0.05) is 5.16 Å². The van der Waals surface area contributed by atoms with Gasteiger partial charge in [0.2, 0.25) is 5.82 Å². The number of ether oxygens (including phenoxy) is 1. The summed E-state index contributed by atoms with van der Waals surface area (Å²) in [5.41, 5.74) is 0.676. The summed E-state index contributed by atoms with van der Waals surface area (Å²) in [4.78, 5) is 8.85. The van der Waals surface area contributed by atoms with Crippen molar-refractivity contribution in [2.75, 3.05) is 6.61 Å². The van der Waals surface area contributed by atoms with Crippen LogP contribution in [0.4, 0.5) is 0 Å². The standard InChI is InChI=1S/C13H10BrN3O3S/c14-10-4-3-8(19-10)11-16-12(20-17-11)7-6-21-13(15-7)9-2-1-5-18-9/h3-4,6,9H,1-2,5H2. The molecule has 3 aromatic rings. The van der Waals surface area contributed by atoms with E-state index in [1.807, 2.05) is 5.38 Å². The SMILES string of the molecule is Brc1ccc(-c2noc(-c3csc(C4CCCO4)n3)n2)o1. The zero-order valence-corrected chi connectivity index (χ0v) is 13.2. The van der Waals surface area contributed by atoms with Gasteiger partial charge in [-0.3, -0.25) is 0 Å². The fourth-order valence-corrected chi connectivity index (χ4v) is 3.35. The van der Waals surface area contributed by atoms with E-state index in [2.05, 4.69) is 31.1 Å². The molecule has 0 saturated carbocycles. The smallest absolute Gasteiger partial charge is 0.277 e. The molecule has 3 aromatic heterocycles. The van der Waals surface area contributed by atoms with Crippen molar-refractivity contribution in [1.82, 2.24) is 15.1 Å². The van der Waals surface area contributed by atoms with Gasteiger partial charge in [-0.15, -0.1) is 11.3 Å². The number of hydrogen-bond acceptors (Lipinski definition) is 7. The van der Waals surface area contributed by atoms with Gasteiger partial charge in [0, 0.05) is 12.0 Å². The van der Waals surface area contributed by atoms with Crippen LogP contribution in [0.5, 0.6) is 0 Å². The Morgan fingerprint density at radius 1 is 1.29 bits per heavy atom. The average Bonchev–Trinajstić information content (AvgIpc) is 3.25. The molecule has 0 spiro atoms. The molecule has 21 heavy (non-hydrogen) atoms. The number of thiazole rings is 1. The van der Waals surface area contributed by atoms with E-state index in [1.54, 1.807) is 23.5 Å². The number of halogens is 1. The first-order valence-electron chi connectivity index (χ1n) is 6.46. The quantitative estimate of drug-likeness (QED) is 0.694. The van der Waals surface area contributed by atoms with Crippen LogP contribution in [0.2, 0.25) is 0 Å². The molecule has 0 aliphatic carbocycles. The first-order chi connectivity index (χ1) is 10.3. The second kappa shape index (κ2) is 5.36. The highest BCUT2D eigenvalue weighted by molar-refractivity contribution is 9.10. The molecule has 1 aliphatic rings. The van der Waals surface area contributed by atoms with Crippen LogP contribution in [0.25, 0.3) is 23.2 Å². The zero-order chi connectivity index (χ0) is 14.2. The molecule has 1 saturated heterocycles. The number of hydrogen-bond donors (Lipinski definition) is 0. The normalized spacial score (nSPS) is 18.4. The molecule has 4 rings (SSSR count). The van der Waals surface area contributed by atoms with Crippen molar-refractivity contribution in [3.63, 3.8) is 0 Å². The summed E-state index contributed by atoms with van der Waals surface area (Å²) >= 11 is 4.80. The molecule has 6 nitrogen and oxygen atoms in total. The topological polar surface area (TPSA) is 74.2 Å². The third-order valence-corrected chi connectivity index (χ3v) is 4.53. The van der Waals surface area contributed by atoms with Gasteiger partial charge in [-0.05, 0) is 40.9 Å². The minimum absolute atomic E-state index is 0.104. The highest BCUT2D eigenvalue weighted by atomic mass is 79.9. The Balaban J connectivity index is 1.60. The highest BCUT2D eigenvalue weighted by Gasteiger charge is 2.23. The Hall–Kier alpha value is -1.51. The number of aromatic nitrogens is 3. The monoisotopic (exact) mass is 367 g/mol. The molecular weight excluding hydrogens is 358 g/mol. The van der Waals surface area contributed by atoms with Crippen molar-refractivity contribution in [1.29, 1.82) is 0 Å². The lowest BCUT2D eigenvalue weighted by Gasteiger charge is -2.02. The van der Waals surface area contributed by atoms with Crippen LogP contribution in [-0.2, 0) is 4.74 Å². The van der Waals surface area contributed by atoms with E-state index >= 15 is 0 Å². The lowest BCUT2D eigenvalue weighted by atomic mass is 10.2. The van der Waals surface area contributed by atoms with Crippen molar-refractivity contribution in [3.05, 3.63) is 27.2 Å². The van der Waals surface area contributed by atoms with Gasteiger partial charge < -0.3 is 13.7 Å². The molecule has 0 aromatic carbocycles. The van der Waals surface area contributed by atoms with Gasteiger partial charge in [-0.2, -0.15) is 4.98 Å². The second-order valence-electron chi connectivity index (χ2n) is 4.60. The highest BCUT2D eigenvalue weighted by Crippen LogP contribution is 2.33. The van der Waals surface area contributed by atoms with Crippen LogP contribution in [0.1, 0.15) is 24.0 Å². The van der Waals surface area contributed by atoms with Crippen LogP contribution in [-0.4, -0.2) is 21.7 Å². The summed E-state index contributed by atoms with van der Waals surface area (Å²) in [5, 5.41) is 6.79. The van der Waals surface area contributed by atoms with E-state index in [1.165, 1.54) is 0 Å². The van der Waals surface area contributed by atoms with Gasteiger partial charge in [0.25, 0.3) is 5.89 Å². The van der Waals surface area contributed by atoms with E-state index in [0.717, 1.165) is 24.5 Å². The molecule has 108 valence electrons. The van der Waals surface area contributed by atoms with Crippen LogP contribution in [0.3, 0.4) is 0 Å². The van der Waals surface area contributed by atoms with E-state index < -0.39 is 0 Å². The van der Waals surface area contributed by atoms with Crippen LogP contribution in [0, 0.1) is 0 Å². The van der Waals surface area contributed by atoms with Gasteiger partial charge in [0.15, 0.2) is 10.4 Å². The third-order valence-electron chi connectivity index (χ3n) is 3.17. The minimum atomic E-state index is 0.104. The van der Waals surface area contributed by atoms with Crippen molar-refractivity contribution in [2.24, 2.45) is 0 Å². The van der Waals surface area contributed by atoms with E-state index in [0.29, 0.717) is 27.8 Å². The summed E-state index contributed by atoms with van der Waals surface area (Å²) in [6, 6.07) is 3.56. The van der Waals surface area contributed by atoms with Gasteiger partial charge >= 0.3 is 0 Å². The fraction of sp³-hybridized carbons (Fsp3) is 0.308. The lowest BCUT2D eigenvalue weighted by molar-refractivity contribution is 0.112. The summed E-state index contributed by atoms with van der Waals surface area (Å²) in [6.07, 6.45) is 2.20. The summed E-state index contributed by atoms with van der Waals surface area (Å²) < 4.78 is 16.9. The maximum absolute atomic E-state index is 5.63. The number of rotatable bonds is 3. The van der Waals surface area contributed by atoms with E-state index in [4.69, 9.17) is 13.7 Å². The molecule has 1 unspecified atom stereocenters. The van der Waals surface area contributed by atoms with Gasteiger partial charge in [0.05, 0.1) is 0 Å². The molecule has 0 amide bonds. The zero-order valence-electron chi connectivity index (χ0n) is 10.8. The minimum Gasteiger partial charge on any atom is -0.446 e. The lowest BCUT2D eigenvalue weighted by Crippen LogP contribution is -1.94. The molecule has 0 N–H and O–H groups in total. The van der Waals surface area contributed by atoms with E-state index in [9.17, 15) is 0 Å². The van der Waals surface area contributed by atoms with Crippen molar-refractivity contribution < 1.29 is 13.7 Å². The molecule has 8 heteroatoms. The largest absolute Gasteiger partial charge is 0.446 e. The summed E-state index contributed by atoms with van der Waals surface area (Å²) in [5.74, 6) is 1.34. The molecule has 4 heterocycles. The Labute approximate surface area is 132 Å². The summed E-state index contributed by atoms with van der Waals surface area (Å²) in [7, 11) is 0. The second-order valence-corrected chi connectivity index (χ2v) is 6.27. The van der Waals surface area contributed by atoms with Crippen LogP contribution < -0.4 is 0 Å². The molecule has 1 fully saturated rings. The molecule has 1 atom stereocenters. The number of nitrogens with zero attached hydrogens (tertiary/aromatic N) is 3. The van der Waals surface area contributed by atoms with Gasteiger partial charge in [-0.25, -0.2) is 4.98 Å². The molecule has 0 bridgehead atoms. The summed E-state index contributed by atoms with van der Waals surface area (Å²) in [6.45, 7) is 0.803. The van der Waals surface area contributed by atoms with Crippen molar-refractivity contribution in [3.8, 4) is 23.2 Å². The van der Waals surface area contributed by atoms with Crippen LogP contribution in [0.15, 0.2) is 31.1 Å². The fourth-order valence-electron chi connectivity index (χ4n) is 2.17.